The molecule has 0 amide bonds. The van der Waals surface area contributed by atoms with E-state index < -0.39 is 14.4 Å². The van der Waals surface area contributed by atoms with Crippen molar-refractivity contribution in [1.82, 2.24) is 0 Å². The first-order chi connectivity index (χ1) is 8.63. The number of rotatable bonds is 2. The maximum atomic E-state index is 10.5. The zero-order valence-electron chi connectivity index (χ0n) is 12.3. The third-order valence-electron chi connectivity index (χ3n) is 4.46. The molecule has 0 bridgehead atoms. The number of aliphatic hydroxyl groups is 1. The lowest BCUT2D eigenvalue weighted by molar-refractivity contribution is 0.0403. The molecular weight excluding hydrogens is 276 g/mol. The molecule has 1 N–H and O–H groups in total. The van der Waals surface area contributed by atoms with Crippen molar-refractivity contribution in [2.75, 3.05) is 0 Å². The van der Waals surface area contributed by atoms with E-state index in [1.54, 1.807) is 0 Å². The van der Waals surface area contributed by atoms with Crippen LogP contribution in [0.2, 0.25) is 23.2 Å². The summed E-state index contributed by atoms with van der Waals surface area (Å²) in [6.45, 7) is 11.1. The fourth-order valence-corrected chi connectivity index (χ4v) is 3.90. The molecule has 19 heavy (non-hydrogen) atoms. The van der Waals surface area contributed by atoms with E-state index in [9.17, 15) is 5.11 Å². The van der Waals surface area contributed by atoms with E-state index in [1.165, 1.54) is 0 Å². The lowest BCUT2D eigenvalue weighted by Gasteiger charge is -2.39. The van der Waals surface area contributed by atoms with Crippen molar-refractivity contribution in [2.24, 2.45) is 0 Å². The van der Waals surface area contributed by atoms with Crippen molar-refractivity contribution < 1.29 is 9.53 Å². The van der Waals surface area contributed by atoms with Crippen molar-refractivity contribution in [3.05, 3.63) is 34.3 Å². The molecule has 0 radical (unpaired) electrons. The minimum atomic E-state index is -1.87. The highest BCUT2D eigenvalue weighted by molar-refractivity contribution is 6.74. The van der Waals surface area contributed by atoms with E-state index in [0.29, 0.717) is 5.02 Å². The van der Waals surface area contributed by atoms with Crippen LogP contribution in [0.3, 0.4) is 0 Å². The highest BCUT2D eigenvalue weighted by atomic mass is 35.5. The average molecular weight is 299 g/mol. The number of aliphatic hydroxyl groups excluding tert-OH is 1. The minimum Gasteiger partial charge on any atom is -0.411 e. The minimum absolute atomic E-state index is 0.144. The van der Waals surface area contributed by atoms with Gasteiger partial charge in [-0.3, -0.25) is 0 Å². The SMILES string of the molecule is CC(C)(C)[Si](C)(C)OC1Cc2cccc(Cl)c2[C@H]1O. The quantitative estimate of drug-likeness (QED) is 0.824. The Hall–Kier alpha value is -0.353. The van der Waals surface area contributed by atoms with E-state index >= 15 is 0 Å². The van der Waals surface area contributed by atoms with Gasteiger partial charge >= 0.3 is 0 Å². The highest BCUT2D eigenvalue weighted by Crippen LogP contribution is 2.43. The summed E-state index contributed by atoms with van der Waals surface area (Å²) in [6, 6.07) is 5.79. The largest absolute Gasteiger partial charge is 0.411 e. The summed E-state index contributed by atoms with van der Waals surface area (Å²) < 4.78 is 6.34. The maximum Gasteiger partial charge on any atom is 0.192 e. The molecule has 0 saturated carbocycles. The average Bonchev–Trinajstić information content (AvgIpc) is 2.55. The number of hydrogen-bond acceptors (Lipinski definition) is 2. The monoisotopic (exact) mass is 298 g/mol. The molecule has 1 aliphatic rings. The normalized spacial score (nSPS) is 23.5. The second-order valence-corrected chi connectivity index (χ2v) is 12.0. The van der Waals surface area contributed by atoms with Gasteiger partial charge in [0.05, 0.1) is 6.10 Å². The summed E-state index contributed by atoms with van der Waals surface area (Å²) >= 11 is 6.19. The van der Waals surface area contributed by atoms with Crippen LogP contribution in [0.25, 0.3) is 0 Å². The van der Waals surface area contributed by atoms with Gasteiger partial charge in [-0.2, -0.15) is 0 Å². The molecule has 0 spiro atoms. The lowest BCUT2D eigenvalue weighted by Crippen LogP contribution is -2.45. The molecule has 1 aliphatic carbocycles. The zero-order chi connectivity index (χ0) is 14.4. The van der Waals surface area contributed by atoms with Gasteiger partial charge in [-0.05, 0) is 29.8 Å². The van der Waals surface area contributed by atoms with Gasteiger partial charge in [0.2, 0.25) is 0 Å². The highest BCUT2D eigenvalue weighted by Gasteiger charge is 2.43. The van der Waals surface area contributed by atoms with E-state index in [1.807, 2.05) is 18.2 Å². The molecule has 1 aromatic rings. The van der Waals surface area contributed by atoms with E-state index in [4.69, 9.17) is 16.0 Å². The van der Waals surface area contributed by atoms with Gasteiger partial charge in [-0.1, -0.05) is 44.5 Å². The fraction of sp³-hybridized carbons (Fsp3) is 0.600. The second kappa shape index (κ2) is 4.88. The van der Waals surface area contributed by atoms with Crippen LogP contribution in [0.4, 0.5) is 0 Å². The number of fused-ring (bicyclic) bond motifs is 1. The molecule has 106 valence electrons. The molecule has 0 saturated heterocycles. The summed E-state index contributed by atoms with van der Waals surface area (Å²) in [5, 5.41) is 11.3. The van der Waals surface area contributed by atoms with Crippen LogP contribution in [0.1, 0.15) is 38.0 Å². The van der Waals surface area contributed by atoms with Gasteiger partial charge in [0, 0.05) is 17.0 Å². The number of hydrogen-bond donors (Lipinski definition) is 1. The molecule has 2 rings (SSSR count). The first-order valence-corrected chi connectivity index (χ1v) is 10.1. The Bertz CT molecular complexity index is 480. The summed E-state index contributed by atoms with van der Waals surface area (Å²) in [5.41, 5.74) is 1.97. The van der Waals surface area contributed by atoms with Gasteiger partial charge in [0.1, 0.15) is 6.10 Å². The van der Waals surface area contributed by atoms with Crippen molar-refractivity contribution in [3.8, 4) is 0 Å². The van der Waals surface area contributed by atoms with Crippen LogP contribution in [-0.4, -0.2) is 19.5 Å². The predicted octanol–water partition coefficient (Wildman–Crippen LogP) is 4.32. The van der Waals surface area contributed by atoms with Gasteiger partial charge in [0.15, 0.2) is 8.32 Å². The van der Waals surface area contributed by atoms with Crippen molar-refractivity contribution in [2.45, 2.75) is 57.5 Å². The van der Waals surface area contributed by atoms with Gasteiger partial charge < -0.3 is 9.53 Å². The third-order valence-corrected chi connectivity index (χ3v) is 9.30. The molecule has 1 aromatic carbocycles. The fourth-order valence-electron chi connectivity index (χ4n) is 2.27. The number of halogens is 1. The number of benzene rings is 1. The van der Waals surface area contributed by atoms with Gasteiger partial charge in [-0.15, -0.1) is 0 Å². The van der Waals surface area contributed by atoms with Crippen LogP contribution in [-0.2, 0) is 10.8 Å². The molecule has 2 atom stereocenters. The van der Waals surface area contributed by atoms with E-state index in [-0.39, 0.29) is 11.1 Å². The summed E-state index contributed by atoms with van der Waals surface area (Å²) in [4.78, 5) is 0. The van der Waals surface area contributed by atoms with Crippen molar-refractivity contribution >= 4 is 19.9 Å². The van der Waals surface area contributed by atoms with Crippen LogP contribution >= 0.6 is 11.6 Å². The topological polar surface area (TPSA) is 29.5 Å². The molecule has 2 nitrogen and oxygen atoms in total. The Morgan fingerprint density at radius 3 is 2.47 bits per heavy atom. The van der Waals surface area contributed by atoms with Crippen LogP contribution in [0, 0.1) is 0 Å². The van der Waals surface area contributed by atoms with Crippen LogP contribution in [0.5, 0.6) is 0 Å². The standard InChI is InChI=1S/C15H23ClO2Si/c1-15(2,3)19(4,5)18-12-9-10-7-6-8-11(16)13(10)14(12)17/h6-8,12,14,17H,9H2,1-5H3/t12?,14-/m0/s1. The van der Waals surface area contributed by atoms with Crippen LogP contribution < -0.4 is 0 Å². The summed E-state index contributed by atoms with van der Waals surface area (Å²) in [5.74, 6) is 0. The van der Waals surface area contributed by atoms with E-state index in [0.717, 1.165) is 17.5 Å². The maximum absolute atomic E-state index is 10.5. The second-order valence-electron chi connectivity index (χ2n) is 6.88. The Kier molecular flexibility index (Phi) is 3.87. The molecular formula is C15H23ClO2Si. The molecule has 0 aromatic heterocycles. The summed E-state index contributed by atoms with van der Waals surface area (Å²) in [7, 11) is -1.87. The Morgan fingerprint density at radius 1 is 1.32 bits per heavy atom. The lowest BCUT2D eigenvalue weighted by atomic mass is 10.1. The third kappa shape index (κ3) is 2.75. The molecule has 4 heteroatoms. The Morgan fingerprint density at radius 2 is 1.95 bits per heavy atom. The molecule has 0 fully saturated rings. The molecule has 0 heterocycles. The first kappa shape index (κ1) is 15.0. The van der Waals surface area contributed by atoms with Crippen molar-refractivity contribution in [3.63, 3.8) is 0 Å². The van der Waals surface area contributed by atoms with Gasteiger partial charge in [0.25, 0.3) is 0 Å². The predicted molar refractivity (Wildman–Crippen MR) is 82.2 cm³/mol. The first-order valence-electron chi connectivity index (χ1n) is 6.76. The molecule has 0 aliphatic heterocycles. The van der Waals surface area contributed by atoms with Gasteiger partial charge in [-0.25, -0.2) is 0 Å². The van der Waals surface area contributed by atoms with E-state index in [2.05, 4.69) is 33.9 Å². The zero-order valence-corrected chi connectivity index (χ0v) is 14.1. The van der Waals surface area contributed by atoms with Crippen molar-refractivity contribution in [1.29, 1.82) is 0 Å². The van der Waals surface area contributed by atoms with Crippen LogP contribution in [0.15, 0.2) is 18.2 Å². The molecule has 1 unspecified atom stereocenters. The Labute approximate surface area is 121 Å². The Balaban J connectivity index is 2.22. The smallest absolute Gasteiger partial charge is 0.192 e. The summed E-state index contributed by atoms with van der Waals surface area (Å²) in [6.07, 6.45) is -0.00237.